The van der Waals surface area contributed by atoms with Gasteiger partial charge in [0.25, 0.3) is 5.91 Å². The van der Waals surface area contributed by atoms with E-state index in [-0.39, 0.29) is 29.6 Å². The Balaban J connectivity index is 1.50. The van der Waals surface area contributed by atoms with Gasteiger partial charge in [0.1, 0.15) is 0 Å². The lowest BCUT2D eigenvalue weighted by atomic mass is 9.85. The van der Waals surface area contributed by atoms with E-state index in [9.17, 15) is 14.4 Å². The number of amides is 3. The number of nitrogens with one attached hydrogen (secondary N) is 1. The van der Waals surface area contributed by atoms with Crippen LogP contribution < -0.4 is 10.2 Å². The van der Waals surface area contributed by atoms with Gasteiger partial charge < -0.3 is 5.32 Å². The summed E-state index contributed by atoms with van der Waals surface area (Å²) in [7, 11) is 0. The Morgan fingerprint density at radius 2 is 1.44 bits per heavy atom. The second kappa shape index (κ2) is 7.12. The number of fused-ring (bicyclic) bond motifs is 1. The molecular weight excluding hydrogens is 408 g/mol. The molecule has 1 fully saturated rings. The molecule has 1 aliphatic heterocycles. The van der Waals surface area contributed by atoms with E-state index in [1.807, 2.05) is 24.3 Å². The van der Waals surface area contributed by atoms with E-state index in [1.54, 1.807) is 36.4 Å². The number of hydrogen-bond acceptors (Lipinski definition) is 3. The van der Waals surface area contributed by atoms with Gasteiger partial charge in [0, 0.05) is 15.7 Å². The highest BCUT2D eigenvalue weighted by atomic mass is 79.9. The minimum absolute atomic E-state index is 0.151. The maximum atomic E-state index is 12.6. The number of carbonyl (C=O) groups is 3. The SMILES string of the molecule is O=C(Nc1ccc(Br)cc1)c1ccc(N2C(=O)[C@H]3CC=CC[C@H]3C2=O)cc1. The van der Waals surface area contributed by atoms with Gasteiger partial charge in [-0.25, -0.2) is 0 Å². The summed E-state index contributed by atoms with van der Waals surface area (Å²) in [5, 5.41) is 2.82. The monoisotopic (exact) mass is 424 g/mol. The second-order valence-electron chi connectivity index (χ2n) is 6.68. The van der Waals surface area contributed by atoms with Crippen LogP contribution in [0.1, 0.15) is 23.2 Å². The van der Waals surface area contributed by atoms with Crippen LogP contribution >= 0.6 is 15.9 Å². The first-order valence-corrected chi connectivity index (χ1v) is 9.53. The Kier molecular flexibility index (Phi) is 4.66. The van der Waals surface area contributed by atoms with Crippen molar-refractivity contribution in [3.05, 3.63) is 70.7 Å². The molecule has 1 N–H and O–H groups in total. The first kappa shape index (κ1) is 17.7. The molecule has 0 bridgehead atoms. The Morgan fingerprint density at radius 1 is 0.889 bits per heavy atom. The van der Waals surface area contributed by atoms with Crippen molar-refractivity contribution in [1.29, 1.82) is 0 Å². The van der Waals surface area contributed by atoms with E-state index in [4.69, 9.17) is 0 Å². The molecule has 0 unspecified atom stereocenters. The number of hydrogen-bond donors (Lipinski definition) is 1. The van der Waals surface area contributed by atoms with Crippen molar-refractivity contribution >= 4 is 45.0 Å². The number of carbonyl (C=O) groups excluding carboxylic acids is 3. The van der Waals surface area contributed by atoms with Gasteiger partial charge in [0.15, 0.2) is 0 Å². The van der Waals surface area contributed by atoms with Crippen LogP contribution in [0.15, 0.2) is 65.2 Å². The third kappa shape index (κ3) is 3.32. The van der Waals surface area contributed by atoms with Crippen molar-refractivity contribution < 1.29 is 14.4 Å². The number of benzene rings is 2. The average Bonchev–Trinajstić information content (AvgIpc) is 2.95. The van der Waals surface area contributed by atoms with Gasteiger partial charge in [-0.05, 0) is 61.4 Å². The number of rotatable bonds is 3. The lowest BCUT2D eigenvalue weighted by Gasteiger charge is -2.15. The zero-order valence-electron chi connectivity index (χ0n) is 14.4. The quantitative estimate of drug-likeness (QED) is 0.594. The van der Waals surface area contributed by atoms with Crippen molar-refractivity contribution in [2.75, 3.05) is 10.2 Å². The van der Waals surface area contributed by atoms with Crippen molar-refractivity contribution in [1.82, 2.24) is 0 Å². The molecule has 0 aromatic heterocycles. The molecule has 4 rings (SSSR count). The normalized spacial score (nSPS) is 21.3. The van der Waals surface area contributed by atoms with Gasteiger partial charge in [-0.3, -0.25) is 19.3 Å². The third-order valence-corrected chi connectivity index (χ3v) is 5.53. The van der Waals surface area contributed by atoms with Gasteiger partial charge in [0.05, 0.1) is 17.5 Å². The lowest BCUT2D eigenvalue weighted by Crippen LogP contribution is -2.30. The van der Waals surface area contributed by atoms with Crippen molar-refractivity contribution in [2.45, 2.75) is 12.8 Å². The minimum atomic E-state index is -0.261. The van der Waals surface area contributed by atoms with E-state index < -0.39 is 0 Å². The molecule has 2 aromatic carbocycles. The molecule has 1 aliphatic carbocycles. The van der Waals surface area contributed by atoms with Crippen LogP contribution in [0, 0.1) is 11.8 Å². The van der Waals surface area contributed by atoms with Crippen LogP contribution in [-0.4, -0.2) is 17.7 Å². The minimum Gasteiger partial charge on any atom is -0.322 e. The molecule has 27 heavy (non-hydrogen) atoms. The molecule has 0 saturated carbocycles. The van der Waals surface area contributed by atoms with Crippen molar-refractivity contribution in [3.8, 4) is 0 Å². The third-order valence-electron chi connectivity index (χ3n) is 5.00. The van der Waals surface area contributed by atoms with Crippen LogP contribution in [0.4, 0.5) is 11.4 Å². The smallest absolute Gasteiger partial charge is 0.255 e. The summed E-state index contributed by atoms with van der Waals surface area (Å²) in [5.41, 5.74) is 1.66. The van der Waals surface area contributed by atoms with Crippen LogP contribution in [0.3, 0.4) is 0 Å². The average molecular weight is 425 g/mol. The fourth-order valence-corrected chi connectivity index (χ4v) is 3.82. The number of allylic oxidation sites excluding steroid dienone is 2. The molecule has 6 heteroatoms. The van der Waals surface area contributed by atoms with Gasteiger partial charge in [-0.15, -0.1) is 0 Å². The summed E-state index contributed by atoms with van der Waals surface area (Å²) >= 11 is 3.35. The van der Waals surface area contributed by atoms with E-state index in [0.717, 1.165) is 4.47 Å². The van der Waals surface area contributed by atoms with Gasteiger partial charge in [-0.1, -0.05) is 28.1 Å². The van der Waals surface area contributed by atoms with E-state index in [1.165, 1.54) is 4.90 Å². The van der Waals surface area contributed by atoms with Crippen LogP contribution in [0.5, 0.6) is 0 Å². The summed E-state index contributed by atoms with van der Waals surface area (Å²) in [6.07, 6.45) is 5.15. The largest absolute Gasteiger partial charge is 0.322 e. The van der Waals surface area contributed by atoms with Gasteiger partial charge >= 0.3 is 0 Å². The van der Waals surface area contributed by atoms with Gasteiger partial charge in [-0.2, -0.15) is 0 Å². The zero-order chi connectivity index (χ0) is 19.0. The summed E-state index contributed by atoms with van der Waals surface area (Å²) in [5.74, 6) is -1.07. The Hall–Kier alpha value is -2.73. The standard InChI is InChI=1S/C21H17BrN2O3/c22-14-7-9-15(10-8-14)23-19(25)13-5-11-16(12-6-13)24-20(26)17-3-1-2-4-18(17)21(24)27/h1-2,5-12,17-18H,3-4H2,(H,23,25)/t17-,18+. The number of halogens is 1. The highest BCUT2D eigenvalue weighted by Crippen LogP contribution is 2.37. The molecule has 2 aromatic rings. The molecule has 0 radical (unpaired) electrons. The predicted octanol–water partition coefficient (Wildman–Crippen LogP) is 4.16. The first-order valence-electron chi connectivity index (χ1n) is 8.74. The fourth-order valence-electron chi connectivity index (χ4n) is 3.55. The molecule has 1 heterocycles. The summed E-state index contributed by atoms with van der Waals surface area (Å²) in [6, 6.07) is 13.8. The first-order chi connectivity index (χ1) is 13.0. The molecule has 0 spiro atoms. The number of imide groups is 1. The highest BCUT2D eigenvalue weighted by Gasteiger charge is 2.47. The van der Waals surface area contributed by atoms with Crippen molar-refractivity contribution in [3.63, 3.8) is 0 Å². The highest BCUT2D eigenvalue weighted by molar-refractivity contribution is 9.10. The van der Waals surface area contributed by atoms with Crippen LogP contribution in [-0.2, 0) is 9.59 Å². The Labute approximate surface area is 165 Å². The van der Waals surface area contributed by atoms with Crippen molar-refractivity contribution in [2.24, 2.45) is 11.8 Å². The predicted molar refractivity (Wildman–Crippen MR) is 106 cm³/mol. The topological polar surface area (TPSA) is 66.5 Å². The van der Waals surface area contributed by atoms with Gasteiger partial charge in [0.2, 0.25) is 11.8 Å². The van der Waals surface area contributed by atoms with E-state index in [0.29, 0.717) is 29.8 Å². The maximum Gasteiger partial charge on any atom is 0.255 e. The van der Waals surface area contributed by atoms with E-state index >= 15 is 0 Å². The maximum absolute atomic E-state index is 12.6. The van der Waals surface area contributed by atoms with Crippen LogP contribution in [0.25, 0.3) is 0 Å². The summed E-state index contributed by atoms with van der Waals surface area (Å²) < 4.78 is 0.931. The number of anilines is 2. The molecular formula is C21H17BrN2O3. The summed E-state index contributed by atoms with van der Waals surface area (Å²) in [6.45, 7) is 0. The van der Waals surface area contributed by atoms with E-state index in [2.05, 4.69) is 21.2 Å². The lowest BCUT2D eigenvalue weighted by molar-refractivity contribution is -0.122. The molecule has 136 valence electrons. The molecule has 2 atom stereocenters. The Morgan fingerprint density at radius 3 is 2.00 bits per heavy atom. The molecule has 5 nitrogen and oxygen atoms in total. The molecule has 3 amide bonds. The summed E-state index contributed by atoms with van der Waals surface area (Å²) in [4.78, 5) is 38.9. The van der Waals surface area contributed by atoms with Crippen LogP contribution in [0.2, 0.25) is 0 Å². The molecule has 2 aliphatic rings. The fraction of sp³-hybridized carbons (Fsp3) is 0.190. The Bertz CT molecular complexity index is 909. The molecule has 1 saturated heterocycles. The number of nitrogens with zero attached hydrogens (tertiary/aromatic N) is 1. The second-order valence-corrected chi connectivity index (χ2v) is 7.59. The zero-order valence-corrected chi connectivity index (χ0v) is 16.0.